The number of carbonyl (C=O) groups excluding carboxylic acids is 1. The Morgan fingerprint density at radius 2 is 1.06 bits per heavy atom. The monoisotopic (exact) mass is 720 g/mol. The highest BCUT2D eigenvalue weighted by atomic mass is 16.6. The Hall–Kier alpha value is -6.28. The summed E-state index contributed by atoms with van der Waals surface area (Å²) >= 11 is 0. The molecule has 0 aliphatic carbocycles. The molecule has 2 unspecified atom stereocenters. The summed E-state index contributed by atoms with van der Waals surface area (Å²) in [5, 5.41) is 13.3. The van der Waals surface area contributed by atoms with Crippen molar-refractivity contribution in [2.24, 2.45) is 0 Å². The Morgan fingerprint density at radius 1 is 0.593 bits per heavy atom. The van der Waals surface area contributed by atoms with E-state index in [4.69, 9.17) is 4.74 Å². The first-order valence-corrected chi connectivity index (χ1v) is 17.9. The summed E-state index contributed by atoms with van der Waals surface area (Å²) in [6.07, 6.45) is 6.13. The maximum Gasteiger partial charge on any atom is 0.408 e. The molecule has 276 valence electrons. The third-order valence-corrected chi connectivity index (χ3v) is 8.42. The van der Waals surface area contributed by atoms with E-state index in [0.717, 1.165) is 44.6 Å². The van der Waals surface area contributed by atoms with E-state index in [0.29, 0.717) is 0 Å². The number of nitrogens with zero attached hydrogens (tertiary/aromatic N) is 3. The van der Waals surface area contributed by atoms with E-state index in [2.05, 4.69) is 15.3 Å². The van der Waals surface area contributed by atoms with Crippen LogP contribution in [0.3, 0.4) is 0 Å². The van der Waals surface area contributed by atoms with Crippen molar-refractivity contribution in [1.29, 1.82) is 0 Å². The highest BCUT2D eigenvalue weighted by Gasteiger charge is 2.35. The van der Waals surface area contributed by atoms with Crippen LogP contribution in [0, 0.1) is 0 Å². The lowest BCUT2D eigenvalue weighted by atomic mass is 9.92. The number of anilines is 1. The van der Waals surface area contributed by atoms with E-state index < -0.39 is 29.3 Å². The normalized spacial score (nSPS) is 12.3. The molecule has 0 saturated carbocycles. The van der Waals surface area contributed by atoms with E-state index >= 15 is 0 Å². The Kier molecular flexibility index (Phi) is 12.6. The molecule has 0 aliphatic rings. The smallest absolute Gasteiger partial charge is 0.408 e. The van der Waals surface area contributed by atoms with Gasteiger partial charge in [0.15, 0.2) is 6.04 Å². The quantitative estimate of drug-likeness (QED) is 0.143. The molecular weight excluding hydrogens is 673 g/mol. The molecule has 54 heavy (non-hydrogen) atoms. The fourth-order valence-electron chi connectivity index (χ4n) is 6.06. The van der Waals surface area contributed by atoms with Crippen molar-refractivity contribution >= 4 is 17.7 Å². The highest BCUT2D eigenvalue weighted by molar-refractivity contribution is 5.82. The summed E-state index contributed by atoms with van der Waals surface area (Å²) in [4.78, 5) is 35.2. The number of rotatable bonds is 9. The molecule has 2 aromatic heterocycles. The molecule has 0 saturated heterocycles. The average molecular weight is 721 g/mol. The van der Waals surface area contributed by atoms with E-state index in [1.165, 1.54) is 4.90 Å². The molecule has 0 bridgehead atoms. The molecule has 0 fully saturated rings. The van der Waals surface area contributed by atoms with Crippen LogP contribution >= 0.6 is 0 Å². The number of ether oxygens (including phenoxy) is 1. The predicted octanol–water partition coefficient (Wildman–Crippen LogP) is 10.9. The van der Waals surface area contributed by atoms with Gasteiger partial charge in [-0.3, -0.25) is 14.9 Å². The van der Waals surface area contributed by atoms with E-state index in [1.807, 2.05) is 187 Å². The number of benzene rings is 4. The third kappa shape index (κ3) is 10.6. The van der Waals surface area contributed by atoms with Crippen molar-refractivity contribution in [2.45, 2.75) is 64.8 Å². The van der Waals surface area contributed by atoms with Crippen LogP contribution in [0.4, 0.5) is 10.5 Å². The molecule has 6 rings (SSSR count). The summed E-state index contributed by atoms with van der Waals surface area (Å²) in [5.74, 6) is -0.321. The lowest BCUT2D eigenvalue weighted by Crippen LogP contribution is -2.47. The van der Waals surface area contributed by atoms with Crippen LogP contribution < -0.4 is 5.32 Å². The summed E-state index contributed by atoms with van der Waals surface area (Å²) in [7, 11) is 0. The first-order valence-electron chi connectivity index (χ1n) is 17.9. The maximum atomic E-state index is 12.8. The van der Waals surface area contributed by atoms with Gasteiger partial charge in [0, 0.05) is 35.3 Å². The van der Waals surface area contributed by atoms with Gasteiger partial charge in [0.1, 0.15) is 5.60 Å². The summed E-state index contributed by atoms with van der Waals surface area (Å²) in [5.41, 5.74) is 6.31. The van der Waals surface area contributed by atoms with Gasteiger partial charge in [-0.05, 0) is 81.5 Å². The SMILES string of the molecule is CC(C)(C)N(C(=O)O)C(c1ccccc1)c1cncc(-c2ccccc2)c1.CC(C)(C)OC(=O)C(Nc1cncc(-c2ccccc2)c1)c1ccccc1. The van der Waals surface area contributed by atoms with Gasteiger partial charge in [-0.15, -0.1) is 0 Å². The molecule has 6 aromatic rings. The number of esters is 1. The number of aromatic nitrogens is 2. The zero-order valence-corrected chi connectivity index (χ0v) is 31.7. The lowest BCUT2D eigenvalue weighted by molar-refractivity contribution is -0.156. The number of carbonyl (C=O) groups is 2. The molecule has 2 atom stereocenters. The van der Waals surface area contributed by atoms with Crippen molar-refractivity contribution in [3.05, 3.63) is 175 Å². The molecule has 1 amide bonds. The zero-order chi connectivity index (χ0) is 38.7. The summed E-state index contributed by atoms with van der Waals surface area (Å²) in [6, 6.07) is 42.2. The molecule has 2 N–H and O–H groups in total. The minimum atomic E-state index is -0.957. The molecule has 8 nitrogen and oxygen atoms in total. The van der Waals surface area contributed by atoms with Crippen LogP contribution in [-0.2, 0) is 9.53 Å². The second-order valence-electron chi connectivity index (χ2n) is 14.9. The topological polar surface area (TPSA) is 105 Å². The summed E-state index contributed by atoms with van der Waals surface area (Å²) < 4.78 is 5.62. The molecule has 0 spiro atoms. The van der Waals surface area contributed by atoms with Gasteiger partial charge in [-0.25, -0.2) is 9.59 Å². The van der Waals surface area contributed by atoms with Crippen LogP contribution in [0.25, 0.3) is 22.3 Å². The highest BCUT2D eigenvalue weighted by Crippen LogP contribution is 2.35. The van der Waals surface area contributed by atoms with Gasteiger partial charge in [-0.1, -0.05) is 121 Å². The van der Waals surface area contributed by atoms with Crippen molar-refractivity contribution in [2.75, 3.05) is 5.32 Å². The molecule has 0 radical (unpaired) electrons. The fraction of sp³-hybridized carbons (Fsp3) is 0.217. The number of carboxylic acid groups (broad SMARTS) is 1. The number of hydrogen-bond acceptors (Lipinski definition) is 6. The van der Waals surface area contributed by atoms with Gasteiger partial charge in [-0.2, -0.15) is 0 Å². The minimum Gasteiger partial charge on any atom is -0.465 e. The maximum absolute atomic E-state index is 12.8. The van der Waals surface area contributed by atoms with Gasteiger partial charge in [0.05, 0.1) is 17.9 Å². The number of pyridine rings is 2. The largest absolute Gasteiger partial charge is 0.465 e. The minimum absolute atomic E-state index is 0.321. The van der Waals surface area contributed by atoms with Crippen molar-refractivity contribution in [3.63, 3.8) is 0 Å². The molecule has 0 aliphatic heterocycles. The molecular formula is C46H48N4O4. The van der Waals surface area contributed by atoms with Crippen LogP contribution in [0.1, 0.15) is 70.3 Å². The average Bonchev–Trinajstić information content (AvgIpc) is 3.16. The Labute approximate surface area is 318 Å². The van der Waals surface area contributed by atoms with Gasteiger partial charge in [0.2, 0.25) is 0 Å². The van der Waals surface area contributed by atoms with Crippen molar-refractivity contribution in [1.82, 2.24) is 14.9 Å². The lowest BCUT2D eigenvalue weighted by Gasteiger charge is -2.40. The van der Waals surface area contributed by atoms with E-state index in [9.17, 15) is 14.7 Å². The van der Waals surface area contributed by atoms with Crippen LogP contribution in [-0.4, -0.2) is 43.2 Å². The number of nitrogens with one attached hydrogen (secondary N) is 1. The Balaban J connectivity index is 0.000000208. The second-order valence-corrected chi connectivity index (χ2v) is 14.9. The Bertz CT molecular complexity index is 2100. The number of amides is 1. The van der Waals surface area contributed by atoms with Crippen molar-refractivity contribution in [3.8, 4) is 22.3 Å². The molecule has 2 heterocycles. The van der Waals surface area contributed by atoms with Gasteiger partial charge in [0.25, 0.3) is 0 Å². The van der Waals surface area contributed by atoms with E-state index in [-0.39, 0.29) is 5.97 Å². The Morgan fingerprint density at radius 3 is 1.54 bits per heavy atom. The van der Waals surface area contributed by atoms with Crippen molar-refractivity contribution < 1.29 is 19.4 Å². The summed E-state index contributed by atoms with van der Waals surface area (Å²) in [6.45, 7) is 11.3. The second kappa shape index (κ2) is 17.5. The molecule has 8 heteroatoms. The standard InChI is InChI=1S/2C23H24N2O2/c1-23(2,3)27-22(26)21(18-12-8-5-9-13-18)25-20-14-19(15-24-16-20)17-10-6-4-7-11-17;1-23(2,3)25(22(26)27)21(18-12-8-5-9-13-18)20-14-19(15-24-16-20)17-10-6-4-7-11-17/h4-16,21,25H,1-3H3;4-16,21H,1-3H3,(H,26,27). The fourth-order valence-corrected chi connectivity index (χ4v) is 6.06. The first kappa shape index (κ1) is 38.9. The van der Waals surface area contributed by atoms with Gasteiger partial charge < -0.3 is 15.2 Å². The molecule has 4 aromatic carbocycles. The van der Waals surface area contributed by atoms with Crippen LogP contribution in [0.15, 0.2) is 158 Å². The zero-order valence-electron chi connectivity index (χ0n) is 31.7. The van der Waals surface area contributed by atoms with Crippen LogP contribution in [0.5, 0.6) is 0 Å². The van der Waals surface area contributed by atoms with Crippen LogP contribution in [0.2, 0.25) is 0 Å². The predicted molar refractivity (Wildman–Crippen MR) is 216 cm³/mol. The van der Waals surface area contributed by atoms with Gasteiger partial charge >= 0.3 is 12.1 Å². The third-order valence-electron chi connectivity index (χ3n) is 8.42. The first-order chi connectivity index (χ1) is 25.8. The number of hydrogen-bond donors (Lipinski definition) is 2. The van der Waals surface area contributed by atoms with E-state index in [1.54, 1.807) is 12.4 Å².